The van der Waals surface area contributed by atoms with Gasteiger partial charge < -0.3 is 0 Å². The quantitative estimate of drug-likeness (QED) is 0.0694. The summed E-state index contributed by atoms with van der Waals surface area (Å²) in [7, 11) is 0. The van der Waals surface area contributed by atoms with Gasteiger partial charge >= 0.3 is 353 Å². The maximum absolute atomic E-state index is 7.27. The van der Waals surface area contributed by atoms with Crippen molar-refractivity contribution in [3.05, 3.63) is 211 Å². The molecule has 7 aromatic rings. The van der Waals surface area contributed by atoms with Crippen LogP contribution in [0.1, 0.15) is 49.3 Å². The van der Waals surface area contributed by atoms with E-state index in [0.29, 0.717) is 6.61 Å². The van der Waals surface area contributed by atoms with Gasteiger partial charge in [-0.05, 0) is 0 Å². The van der Waals surface area contributed by atoms with Gasteiger partial charge in [0.05, 0.1) is 0 Å². The number of hydrogen-bond donors (Lipinski definition) is 0. The molecule has 0 unspecified atom stereocenters. The summed E-state index contributed by atoms with van der Waals surface area (Å²) in [5.41, 5.74) is 3.69. The van der Waals surface area contributed by atoms with Gasteiger partial charge in [0.2, 0.25) is 0 Å². The van der Waals surface area contributed by atoms with Crippen molar-refractivity contribution >= 4 is 73.4 Å². The average molecular weight is 903 g/mol. The number of ether oxygens (including phenoxy) is 1. The molecule has 286 valence electrons. The van der Waals surface area contributed by atoms with Gasteiger partial charge in [0.25, 0.3) is 0 Å². The van der Waals surface area contributed by atoms with Crippen molar-refractivity contribution in [1.29, 1.82) is 0 Å². The van der Waals surface area contributed by atoms with Gasteiger partial charge in [-0.15, -0.1) is 0 Å². The summed E-state index contributed by atoms with van der Waals surface area (Å²) in [6.45, 7) is 5.19. The van der Waals surface area contributed by atoms with Crippen LogP contribution in [0.2, 0.25) is 0 Å². The Labute approximate surface area is 350 Å². The standard InChI is InChI=1S/C51H52Br2OP2/c1-3-4-5-24-37-54-51-43(40-55(52,45-25-12-6-13-26-45,46-27-14-7-15-28-46)47-29-16-8-17-30-47)38-42(2)39-44(51)41-56(53,48-31-18-9-19-32-48,49-33-20-10-21-34-49)50-35-22-11-23-36-50/h6-23,25-36,38-39H,3-5,24,37,40-41H2,1-2H3. The van der Waals surface area contributed by atoms with Crippen LogP contribution in [0.25, 0.3) is 0 Å². The van der Waals surface area contributed by atoms with E-state index in [-0.39, 0.29) is 0 Å². The molecule has 0 N–H and O–H groups in total. The Kier molecular flexibility index (Phi) is 12.5. The summed E-state index contributed by atoms with van der Waals surface area (Å²) in [5, 5.41) is 1.03. The van der Waals surface area contributed by atoms with Crippen molar-refractivity contribution < 1.29 is 4.74 Å². The molecule has 7 aromatic carbocycles. The number of unbranched alkanes of at least 4 members (excludes halogenated alkanes) is 3. The Hall–Kier alpha value is -3.84. The maximum atomic E-state index is 7.27. The van der Waals surface area contributed by atoms with Gasteiger partial charge in [0, 0.05) is 0 Å². The predicted octanol–water partition coefficient (Wildman–Crippen LogP) is 12.6. The van der Waals surface area contributed by atoms with E-state index < -0.39 is 10.6 Å². The van der Waals surface area contributed by atoms with Gasteiger partial charge in [-0.1, -0.05) is 0 Å². The molecule has 0 heterocycles. The zero-order chi connectivity index (χ0) is 39.0. The van der Waals surface area contributed by atoms with Crippen molar-refractivity contribution in [3.8, 4) is 5.75 Å². The molecule has 0 fully saturated rings. The fourth-order valence-electron chi connectivity index (χ4n) is 8.57. The zero-order valence-electron chi connectivity index (χ0n) is 32.5. The van der Waals surface area contributed by atoms with Gasteiger partial charge in [0.1, 0.15) is 0 Å². The predicted molar refractivity (Wildman–Crippen MR) is 256 cm³/mol. The van der Waals surface area contributed by atoms with Crippen LogP contribution in [0, 0.1) is 6.92 Å². The first kappa shape index (κ1) is 40.4. The summed E-state index contributed by atoms with van der Waals surface area (Å²) in [5.74, 6) is 1.01. The molecule has 56 heavy (non-hydrogen) atoms. The molecule has 0 saturated heterocycles. The van der Waals surface area contributed by atoms with Crippen LogP contribution in [-0.2, 0) is 12.3 Å². The van der Waals surface area contributed by atoms with Crippen molar-refractivity contribution in [1.82, 2.24) is 0 Å². The monoisotopic (exact) mass is 900 g/mol. The SMILES string of the molecule is CCCCCCOc1c(CP(Br)(c2ccccc2)(c2ccccc2)c2ccccc2)cc(C)cc1CP(Br)(c1ccccc1)(c1ccccc1)c1ccccc1. The zero-order valence-corrected chi connectivity index (χ0v) is 37.4. The van der Waals surface area contributed by atoms with E-state index in [1.807, 2.05) is 0 Å². The van der Waals surface area contributed by atoms with Crippen LogP contribution in [0.5, 0.6) is 5.75 Å². The van der Waals surface area contributed by atoms with E-state index in [1.54, 1.807) is 0 Å². The van der Waals surface area contributed by atoms with Crippen LogP contribution < -0.4 is 36.6 Å². The second-order valence-corrected chi connectivity index (χ2v) is 32.9. The number of benzene rings is 7. The second-order valence-electron chi connectivity index (χ2n) is 15.0. The van der Waals surface area contributed by atoms with E-state index in [9.17, 15) is 0 Å². The Bertz CT molecular complexity index is 1960. The molecular formula is C51H52Br2OP2. The van der Waals surface area contributed by atoms with Crippen molar-refractivity contribution in [2.24, 2.45) is 0 Å². The summed E-state index contributed by atoms with van der Waals surface area (Å²) >= 11 is 9.59. The topological polar surface area (TPSA) is 9.23 Å². The normalized spacial score (nSPS) is 13.2. The van der Waals surface area contributed by atoms with Gasteiger partial charge in [-0.2, -0.15) is 0 Å². The third kappa shape index (κ3) is 7.50. The molecule has 0 radical (unpaired) electrons. The third-order valence-corrected chi connectivity index (χ3v) is 30.3. The molecule has 0 spiro atoms. The molecule has 0 atom stereocenters. The van der Waals surface area contributed by atoms with E-state index in [2.05, 4.69) is 208 Å². The van der Waals surface area contributed by atoms with Crippen LogP contribution in [0.15, 0.2) is 194 Å². The number of hydrogen-bond acceptors (Lipinski definition) is 1. The summed E-state index contributed by atoms with van der Waals surface area (Å²) in [4.78, 5) is 0. The molecule has 0 aromatic heterocycles. The molecule has 0 aliphatic heterocycles. The summed E-state index contributed by atoms with van der Waals surface area (Å²) in [6.07, 6.45) is 6.07. The third-order valence-electron chi connectivity index (χ3n) is 11.3. The average Bonchev–Trinajstić information content (AvgIpc) is 3.26. The Morgan fingerprint density at radius 2 is 0.696 bits per heavy atom. The molecular weight excluding hydrogens is 850 g/mol. The molecule has 0 amide bonds. The van der Waals surface area contributed by atoms with E-state index in [0.717, 1.165) is 30.9 Å². The second kappa shape index (κ2) is 17.3. The van der Waals surface area contributed by atoms with Crippen LogP contribution in [0.4, 0.5) is 0 Å². The molecule has 0 aliphatic rings. The van der Waals surface area contributed by atoms with Crippen molar-refractivity contribution in [2.45, 2.75) is 51.9 Å². The molecule has 7 rings (SSSR count). The van der Waals surface area contributed by atoms with Crippen molar-refractivity contribution in [2.75, 3.05) is 6.61 Å². The van der Waals surface area contributed by atoms with Crippen molar-refractivity contribution in [3.63, 3.8) is 0 Å². The first-order chi connectivity index (χ1) is 27.3. The Morgan fingerprint density at radius 3 is 0.964 bits per heavy atom. The summed E-state index contributed by atoms with van der Waals surface area (Å²) in [6, 6.07) is 71.6. The molecule has 5 heteroatoms. The van der Waals surface area contributed by atoms with E-state index in [4.69, 9.17) is 35.7 Å². The minimum absolute atomic E-state index is 0.670. The summed E-state index contributed by atoms with van der Waals surface area (Å²) < 4.78 is 7.27. The molecule has 0 aliphatic carbocycles. The number of rotatable bonds is 16. The number of halogens is 2. The van der Waals surface area contributed by atoms with Crippen LogP contribution >= 0.6 is 41.6 Å². The minimum atomic E-state index is -3.38. The van der Waals surface area contributed by atoms with E-state index in [1.165, 1.54) is 61.4 Å². The van der Waals surface area contributed by atoms with Gasteiger partial charge in [-0.3, -0.25) is 0 Å². The number of aryl methyl sites for hydroxylation is 1. The van der Waals surface area contributed by atoms with E-state index >= 15 is 0 Å². The molecule has 1 nitrogen and oxygen atoms in total. The van der Waals surface area contributed by atoms with Gasteiger partial charge in [0.15, 0.2) is 0 Å². The first-order valence-corrected chi connectivity index (χ1v) is 28.7. The Morgan fingerprint density at radius 1 is 0.411 bits per heavy atom. The fraction of sp³-hybridized carbons (Fsp3) is 0.176. The van der Waals surface area contributed by atoms with Crippen LogP contribution in [-0.4, -0.2) is 6.61 Å². The van der Waals surface area contributed by atoms with Gasteiger partial charge in [-0.25, -0.2) is 0 Å². The molecule has 0 bridgehead atoms. The first-order valence-electron chi connectivity index (χ1n) is 19.8. The molecule has 0 saturated carbocycles. The Balaban J connectivity index is 1.53. The van der Waals surface area contributed by atoms with Crippen LogP contribution in [0.3, 0.4) is 0 Å². The fourth-order valence-corrected chi connectivity index (χ4v) is 23.8.